The summed E-state index contributed by atoms with van der Waals surface area (Å²) in [6.07, 6.45) is 0. The lowest BCUT2D eigenvalue weighted by Gasteiger charge is -2.16. The van der Waals surface area contributed by atoms with Crippen LogP contribution in [0.2, 0.25) is 0 Å². The van der Waals surface area contributed by atoms with E-state index in [0.29, 0.717) is 17.1 Å². The van der Waals surface area contributed by atoms with Gasteiger partial charge in [0, 0.05) is 19.5 Å². The number of para-hydroxylation sites is 1. The summed E-state index contributed by atoms with van der Waals surface area (Å²) in [7, 11) is 5.09. The van der Waals surface area contributed by atoms with Gasteiger partial charge in [0.2, 0.25) is 0 Å². The third kappa shape index (κ3) is 1.95. The fraction of sp³-hybridized carbons (Fsp3) is 0.231. The second-order valence-electron chi connectivity index (χ2n) is 4.09. The highest BCUT2D eigenvalue weighted by Gasteiger charge is 2.16. The van der Waals surface area contributed by atoms with Gasteiger partial charge in [-0.3, -0.25) is 0 Å². The number of methoxy groups -OCH3 is 1. The third-order valence-corrected chi connectivity index (χ3v) is 2.66. The number of ether oxygens (including phenoxy) is 1. The van der Waals surface area contributed by atoms with E-state index in [2.05, 4.69) is 4.98 Å². The van der Waals surface area contributed by atoms with Crippen molar-refractivity contribution >= 4 is 22.7 Å². The van der Waals surface area contributed by atoms with E-state index in [1.165, 1.54) is 0 Å². The molecule has 2 aromatic rings. The van der Waals surface area contributed by atoms with Gasteiger partial charge in [-0.05, 0) is 12.1 Å². The Bertz CT molecular complexity index is 608. The first-order chi connectivity index (χ1) is 8.54. The number of anilines is 1. The molecule has 0 atom stereocenters. The van der Waals surface area contributed by atoms with Crippen LogP contribution in [0.5, 0.6) is 5.75 Å². The lowest BCUT2D eigenvalue weighted by Crippen LogP contribution is -2.16. The van der Waals surface area contributed by atoms with E-state index < -0.39 is 5.97 Å². The first-order valence-corrected chi connectivity index (χ1v) is 5.43. The molecule has 2 rings (SSSR count). The predicted octanol–water partition coefficient (Wildman–Crippen LogP) is 2.01. The summed E-state index contributed by atoms with van der Waals surface area (Å²) in [6.45, 7) is 0. The summed E-state index contributed by atoms with van der Waals surface area (Å²) < 4.78 is 5.23. The number of fused-ring (bicyclic) bond motifs is 1. The molecule has 5 heteroatoms. The Labute approximate surface area is 105 Å². The molecule has 1 heterocycles. The molecule has 0 spiro atoms. The molecule has 0 amide bonds. The fourth-order valence-corrected chi connectivity index (χ4v) is 1.82. The van der Waals surface area contributed by atoms with E-state index in [0.717, 1.165) is 5.39 Å². The number of carboxylic acid groups (broad SMARTS) is 1. The second kappa shape index (κ2) is 4.52. The van der Waals surface area contributed by atoms with Crippen LogP contribution in [0.4, 0.5) is 5.82 Å². The van der Waals surface area contributed by atoms with Crippen molar-refractivity contribution in [1.82, 2.24) is 4.98 Å². The highest BCUT2D eigenvalue weighted by Crippen LogP contribution is 2.28. The smallest absolute Gasteiger partial charge is 0.339 e. The van der Waals surface area contributed by atoms with Crippen LogP contribution in [0.25, 0.3) is 10.9 Å². The molecular formula is C13H14N2O3. The number of hydrogen-bond donors (Lipinski definition) is 1. The second-order valence-corrected chi connectivity index (χ2v) is 4.09. The standard InChI is InChI=1S/C13H14N2O3/c1-15(2)12-9(13(16)17)7-8-5-4-6-10(18-3)11(8)14-12/h4-7H,1-3H3,(H,16,17). The van der Waals surface area contributed by atoms with Gasteiger partial charge >= 0.3 is 5.97 Å². The summed E-state index contributed by atoms with van der Waals surface area (Å²) in [5.74, 6) is 0.0583. The van der Waals surface area contributed by atoms with Gasteiger partial charge in [0.05, 0.1) is 7.11 Å². The summed E-state index contributed by atoms with van der Waals surface area (Å²) >= 11 is 0. The molecule has 94 valence electrons. The fourth-order valence-electron chi connectivity index (χ4n) is 1.82. The van der Waals surface area contributed by atoms with Gasteiger partial charge in [0.15, 0.2) is 0 Å². The Balaban J connectivity index is 2.80. The molecule has 18 heavy (non-hydrogen) atoms. The van der Waals surface area contributed by atoms with Gasteiger partial charge in [0.25, 0.3) is 0 Å². The van der Waals surface area contributed by atoms with Crippen molar-refractivity contribution in [1.29, 1.82) is 0 Å². The average Bonchev–Trinajstić information content (AvgIpc) is 2.36. The van der Waals surface area contributed by atoms with E-state index in [1.54, 1.807) is 38.2 Å². The van der Waals surface area contributed by atoms with E-state index in [4.69, 9.17) is 4.74 Å². The number of rotatable bonds is 3. The van der Waals surface area contributed by atoms with Gasteiger partial charge in [-0.15, -0.1) is 0 Å². The molecular weight excluding hydrogens is 232 g/mol. The van der Waals surface area contributed by atoms with Crippen molar-refractivity contribution < 1.29 is 14.6 Å². The largest absolute Gasteiger partial charge is 0.494 e. The van der Waals surface area contributed by atoms with E-state index in [-0.39, 0.29) is 5.56 Å². The van der Waals surface area contributed by atoms with Crippen molar-refractivity contribution in [3.05, 3.63) is 29.8 Å². The Morgan fingerprint density at radius 1 is 1.39 bits per heavy atom. The summed E-state index contributed by atoms with van der Waals surface area (Å²) in [6, 6.07) is 7.04. The quantitative estimate of drug-likeness (QED) is 0.897. The first-order valence-electron chi connectivity index (χ1n) is 5.43. The molecule has 0 saturated heterocycles. The number of pyridine rings is 1. The number of carboxylic acids is 1. The molecule has 1 aromatic carbocycles. The van der Waals surface area contributed by atoms with Crippen molar-refractivity contribution in [3.8, 4) is 5.75 Å². The molecule has 1 aromatic heterocycles. The van der Waals surface area contributed by atoms with Crippen LogP contribution in [0.3, 0.4) is 0 Å². The van der Waals surface area contributed by atoms with E-state index >= 15 is 0 Å². The van der Waals surface area contributed by atoms with Crippen molar-refractivity contribution in [3.63, 3.8) is 0 Å². The van der Waals surface area contributed by atoms with Crippen LogP contribution in [0.15, 0.2) is 24.3 Å². The molecule has 0 unspecified atom stereocenters. The van der Waals surface area contributed by atoms with Gasteiger partial charge in [-0.2, -0.15) is 0 Å². The zero-order valence-electron chi connectivity index (χ0n) is 10.5. The SMILES string of the molecule is COc1cccc2cc(C(=O)O)c(N(C)C)nc12. The van der Waals surface area contributed by atoms with Crippen LogP contribution in [0, 0.1) is 0 Å². The van der Waals surface area contributed by atoms with Crippen molar-refractivity contribution in [2.45, 2.75) is 0 Å². The predicted molar refractivity (Wildman–Crippen MR) is 69.6 cm³/mol. The molecule has 0 aliphatic carbocycles. The van der Waals surface area contributed by atoms with E-state index in [9.17, 15) is 9.90 Å². The maximum Gasteiger partial charge on any atom is 0.339 e. The van der Waals surface area contributed by atoms with Gasteiger partial charge in [-0.1, -0.05) is 12.1 Å². The number of nitrogens with zero attached hydrogens (tertiary/aromatic N) is 2. The zero-order chi connectivity index (χ0) is 13.3. The minimum atomic E-state index is -0.990. The molecule has 0 fully saturated rings. The Kier molecular flexibility index (Phi) is 3.06. The van der Waals surface area contributed by atoms with Crippen LogP contribution < -0.4 is 9.64 Å². The highest BCUT2D eigenvalue weighted by molar-refractivity contribution is 5.99. The lowest BCUT2D eigenvalue weighted by molar-refractivity contribution is 0.0697. The van der Waals surface area contributed by atoms with Crippen LogP contribution in [-0.4, -0.2) is 37.3 Å². The van der Waals surface area contributed by atoms with Crippen molar-refractivity contribution in [2.24, 2.45) is 0 Å². The molecule has 0 aliphatic rings. The summed E-state index contributed by atoms with van der Waals surface area (Å²) in [5, 5.41) is 9.95. The molecule has 5 nitrogen and oxygen atoms in total. The molecule has 0 radical (unpaired) electrons. The van der Waals surface area contributed by atoms with E-state index in [1.807, 2.05) is 12.1 Å². The molecule has 0 aliphatic heterocycles. The average molecular weight is 246 g/mol. The maximum absolute atomic E-state index is 11.2. The normalized spacial score (nSPS) is 10.4. The molecule has 0 bridgehead atoms. The minimum absolute atomic E-state index is 0.181. The van der Waals surface area contributed by atoms with Crippen molar-refractivity contribution in [2.75, 3.05) is 26.1 Å². The van der Waals surface area contributed by atoms with Gasteiger partial charge < -0.3 is 14.7 Å². The number of hydrogen-bond acceptors (Lipinski definition) is 4. The third-order valence-electron chi connectivity index (χ3n) is 2.66. The number of carbonyl (C=O) groups is 1. The minimum Gasteiger partial charge on any atom is -0.494 e. The Hall–Kier alpha value is -2.30. The topological polar surface area (TPSA) is 62.7 Å². The number of aromatic nitrogens is 1. The summed E-state index contributed by atoms with van der Waals surface area (Å²) in [4.78, 5) is 17.3. The molecule has 1 N–H and O–H groups in total. The number of aromatic carboxylic acids is 1. The number of benzene rings is 1. The van der Waals surface area contributed by atoms with Gasteiger partial charge in [-0.25, -0.2) is 9.78 Å². The monoisotopic (exact) mass is 246 g/mol. The van der Waals surface area contributed by atoms with Gasteiger partial charge in [0.1, 0.15) is 22.6 Å². The van der Waals surface area contributed by atoms with Crippen LogP contribution in [-0.2, 0) is 0 Å². The first kappa shape index (κ1) is 12.2. The summed E-state index contributed by atoms with van der Waals surface area (Å²) in [5.41, 5.74) is 0.842. The molecule has 0 saturated carbocycles. The maximum atomic E-state index is 11.2. The Morgan fingerprint density at radius 2 is 2.11 bits per heavy atom. The Morgan fingerprint density at radius 3 is 2.67 bits per heavy atom. The van der Waals surface area contributed by atoms with Crippen LogP contribution >= 0.6 is 0 Å². The highest BCUT2D eigenvalue weighted by atomic mass is 16.5. The zero-order valence-corrected chi connectivity index (χ0v) is 10.5. The van der Waals surface area contributed by atoms with Crippen LogP contribution in [0.1, 0.15) is 10.4 Å². The lowest BCUT2D eigenvalue weighted by atomic mass is 10.1.